The molecule has 41 heavy (non-hydrogen) atoms. The second kappa shape index (κ2) is 10.9. The fourth-order valence-corrected chi connectivity index (χ4v) is 4.69. The SMILES string of the molecule is COc1cc2nccc(Oc3ccc(CC(=O)c4cc5ccncc5n(-c5ccccc5)c4=O)nc3)c2cc1OC. The minimum atomic E-state index is -0.404. The van der Waals surface area contributed by atoms with E-state index >= 15 is 0 Å². The number of Topliss-reactive ketones (excluding diaryl/α,β-unsaturated/α-hetero) is 1. The zero-order valence-corrected chi connectivity index (χ0v) is 22.3. The predicted octanol–water partition coefficient (Wildman–Crippen LogP) is 5.56. The molecule has 0 aliphatic carbocycles. The molecular formula is C32H24N4O5. The van der Waals surface area contributed by atoms with Gasteiger partial charge in [0.25, 0.3) is 5.56 Å². The smallest absolute Gasteiger partial charge is 0.266 e. The number of hydrogen-bond acceptors (Lipinski definition) is 8. The number of para-hydroxylation sites is 1. The quantitative estimate of drug-likeness (QED) is 0.229. The minimum Gasteiger partial charge on any atom is -0.493 e. The molecule has 0 saturated heterocycles. The van der Waals surface area contributed by atoms with Crippen molar-refractivity contribution in [2.75, 3.05) is 14.2 Å². The van der Waals surface area contributed by atoms with Gasteiger partial charge in [0.2, 0.25) is 0 Å². The summed E-state index contributed by atoms with van der Waals surface area (Å²) in [6, 6.07) is 21.4. The lowest BCUT2D eigenvalue weighted by atomic mass is 10.1. The lowest BCUT2D eigenvalue weighted by Gasteiger charge is -2.13. The van der Waals surface area contributed by atoms with Crippen molar-refractivity contribution < 1.29 is 19.0 Å². The lowest BCUT2D eigenvalue weighted by Crippen LogP contribution is -2.26. The van der Waals surface area contributed by atoms with Gasteiger partial charge in [-0.05, 0) is 48.5 Å². The number of methoxy groups -OCH3 is 2. The third-order valence-corrected chi connectivity index (χ3v) is 6.70. The summed E-state index contributed by atoms with van der Waals surface area (Å²) in [4.78, 5) is 39.9. The van der Waals surface area contributed by atoms with E-state index in [0.717, 1.165) is 10.8 Å². The van der Waals surface area contributed by atoms with Gasteiger partial charge in [0.1, 0.15) is 11.5 Å². The molecule has 2 aromatic carbocycles. The van der Waals surface area contributed by atoms with Crippen molar-refractivity contribution in [1.82, 2.24) is 19.5 Å². The highest BCUT2D eigenvalue weighted by molar-refractivity contribution is 6.00. The Morgan fingerprint density at radius 2 is 1.63 bits per heavy atom. The third kappa shape index (κ3) is 4.96. The van der Waals surface area contributed by atoms with Crippen molar-refractivity contribution in [1.29, 1.82) is 0 Å². The van der Waals surface area contributed by atoms with Crippen LogP contribution in [0.5, 0.6) is 23.0 Å². The fraction of sp³-hybridized carbons (Fsp3) is 0.0938. The maximum atomic E-state index is 13.5. The molecule has 6 rings (SSSR count). The average Bonchev–Trinajstić information content (AvgIpc) is 3.01. The van der Waals surface area contributed by atoms with Gasteiger partial charge in [-0.25, -0.2) is 0 Å². The zero-order valence-electron chi connectivity index (χ0n) is 22.3. The number of nitrogens with zero attached hydrogens (tertiary/aromatic N) is 4. The van der Waals surface area contributed by atoms with Crippen LogP contribution in [0, 0.1) is 0 Å². The number of fused-ring (bicyclic) bond motifs is 2. The molecular weight excluding hydrogens is 520 g/mol. The Labute approximate surface area is 234 Å². The number of aromatic nitrogens is 4. The molecule has 202 valence electrons. The van der Waals surface area contributed by atoms with Gasteiger partial charge >= 0.3 is 0 Å². The number of carbonyl (C=O) groups is 1. The highest BCUT2D eigenvalue weighted by atomic mass is 16.5. The van der Waals surface area contributed by atoms with E-state index in [9.17, 15) is 9.59 Å². The molecule has 0 N–H and O–H groups in total. The van der Waals surface area contributed by atoms with Crippen LogP contribution in [0.3, 0.4) is 0 Å². The molecule has 0 amide bonds. The Kier molecular flexibility index (Phi) is 6.83. The van der Waals surface area contributed by atoms with Crippen LogP contribution in [0.2, 0.25) is 0 Å². The van der Waals surface area contributed by atoms with Crippen molar-refractivity contribution >= 4 is 27.6 Å². The van der Waals surface area contributed by atoms with Gasteiger partial charge in [0.05, 0.1) is 49.6 Å². The first-order chi connectivity index (χ1) is 20.1. The van der Waals surface area contributed by atoms with Crippen LogP contribution in [-0.4, -0.2) is 39.5 Å². The highest BCUT2D eigenvalue weighted by Gasteiger charge is 2.18. The van der Waals surface area contributed by atoms with Crippen LogP contribution in [0.1, 0.15) is 16.1 Å². The lowest BCUT2D eigenvalue weighted by molar-refractivity contribution is 0.0990. The number of rotatable bonds is 8. The molecule has 0 saturated carbocycles. The molecule has 0 unspecified atom stereocenters. The molecule has 0 aliphatic rings. The van der Waals surface area contributed by atoms with Gasteiger partial charge < -0.3 is 14.2 Å². The second-order valence-corrected chi connectivity index (χ2v) is 9.19. The molecule has 0 spiro atoms. The zero-order chi connectivity index (χ0) is 28.3. The van der Waals surface area contributed by atoms with E-state index in [1.165, 1.54) is 4.57 Å². The summed E-state index contributed by atoms with van der Waals surface area (Å²) in [5.41, 5.74) is 2.15. The van der Waals surface area contributed by atoms with Crippen molar-refractivity contribution in [3.05, 3.63) is 119 Å². The largest absolute Gasteiger partial charge is 0.493 e. The van der Waals surface area contributed by atoms with Gasteiger partial charge in [-0.3, -0.25) is 29.1 Å². The number of carbonyl (C=O) groups excluding carboxylic acids is 1. The number of pyridine rings is 4. The van der Waals surface area contributed by atoms with Crippen LogP contribution in [0.15, 0.2) is 102 Å². The number of ketones is 1. The Morgan fingerprint density at radius 3 is 2.39 bits per heavy atom. The minimum absolute atomic E-state index is 0.0456. The van der Waals surface area contributed by atoms with E-state index in [0.29, 0.717) is 45.4 Å². The summed E-state index contributed by atoms with van der Waals surface area (Å²) in [5, 5.41) is 1.48. The maximum absolute atomic E-state index is 13.5. The monoisotopic (exact) mass is 544 g/mol. The Morgan fingerprint density at radius 1 is 0.829 bits per heavy atom. The average molecular weight is 545 g/mol. The molecule has 4 aromatic heterocycles. The second-order valence-electron chi connectivity index (χ2n) is 9.19. The number of hydrogen-bond donors (Lipinski definition) is 0. The molecule has 0 atom stereocenters. The molecule has 9 heteroatoms. The molecule has 4 heterocycles. The number of ether oxygens (including phenoxy) is 3. The van der Waals surface area contributed by atoms with Crippen LogP contribution in [-0.2, 0) is 6.42 Å². The van der Waals surface area contributed by atoms with Gasteiger partial charge in [0, 0.05) is 40.6 Å². The number of benzene rings is 2. The van der Waals surface area contributed by atoms with Crippen LogP contribution in [0.25, 0.3) is 27.5 Å². The molecule has 6 aromatic rings. The van der Waals surface area contributed by atoms with Crippen molar-refractivity contribution in [2.45, 2.75) is 6.42 Å². The summed E-state index contributed by atoms with van der Waals surface area (Å²) in [6.45, 7) is 0. The van der Waals surface area contributed by atoms with Gasteiger partial charge in [0.15, 0.2) is 17.3 Å². The first kappa shape index (κ1) is 25.7. The topological polar surface area (TPSA) is 105 Å². The van der Waals surface area contributed by atoms with E-state index in [-0.39, 0.29) is 17.8 Å². The highest BCUT2D eigenvalue weighted by Crippen LogP contribution is 2.36. The van der Waals surface area contributed by atoms with Crippen LogP contribution in [0.4, 0.5) is 0 Å². The Hall–Kier alpha value is -5.57. The van der Waals surface area contributed by atoms with E-state index in [2.05, 4.69) is 15.0 Å². The molecule has 0 fully saturated rings. The van der Waals surface area contributed by atoms with E-state index in [1.54, 1.807) is 81.5 Å². The summed E-state index contributed by atoms with van der Waals surface area (Å²) in [7, 11) is 3.13. The fourth-order valence-electron chi connectivity index (χ4n) is 4.69. The van der Waals surface area contributed by atoms with Crippen molar-refractivity contribution in [2.24, 2.45) is 0 Å². The summed E-state index contributed by atoms with van der Waals surface area (Å²) in [5.74, 6) is 1.84. The van der Waals surface area contributed by atoms with Crippen molar-refractivity contribution in [3.63, 3.8) is 0 Å². The third-order valence-electron chi connectivity index (χ3n) is 6.70. The Bertz CT molecular complexity index is 1950. The molecule has 0 aliphatic heterocycles. The first-order valence-corrected chi connectivity index (χ1v) is 12.8. The van der Waals surface area contributed by atoms with Gasteiger partial charge in [-0.2, -0.15) is 0 Å². The van der Waals surface area contributed by atoms with E-state index < -0.39 is 5.56 Å². The summed E-state index contributed by atoms with van der Waals surface area (Å²) in [6.07, 6.45) is 6.40. The predicted molar refractivity (Wildman–Crippen MR) is 155 cm³/mol. The summed E-state index contributed by atoms with van der Waals surface area (Å²) >= 11 is 0. The molecule has 0 bridgehead atoms. The standard InChI is InChI=1S/C32H24N4O5/c1-39-30-16-24-26(17-31(30)40-2)34-13-11-29(24)41-23-9-8-21(35-18-23)15-28(37)25-14-20-10-12-33-19-27(20)36(32(25)38)22-6-4-3-5-7-22/h3-14,16-19H,15H2,1-2H3. The van der Waals surface area contributed by atoms with E-state index in [1.807, 2.05) is 30.3 Å². The van der Waals surface area contributed by atoms with E-state index in [4.69, 9.17) is 14.2 Å². The molecule has 0 radical (unpaired) electrons. The Balaban J connectivity index is 1.27. The summed E-state index contributed by atoms with van der Waals surface area (Å²) < 4.78 is 18.4. The first-order valence-electron chi connectivity index (χ1n) is 12.8. The van der Waals surface area contributed by atoms with Gasteiger partial charge in [-0.1, -0.05) is 18.2 Å². The maximum Gasteiger partial charge on any atom is 0.266 e. The van der Waals surface area contributed by atoms with Crippen molar-refractivity contribution in [3.8, 4) is 28.7 Å². The normalized spacial score (nSPS) is 11.0. The van der Waals surface area contributed by atoms with Crippen LogP contribution >= 0.6 is 0 Å². The van der Waals surface area contributed by atoms with Gasteiger partial charge in [-0.15, -0.1) is 0 Å². The molecule has 9 nitrogen and oxygen atoms in total. The van der Waals surface area contributed by atoms with Crippen LogP contribution < -0.4 is 19.8 Å².